The van der Waals surface area contributed by atoms with Crippen LogP contribution < -0.4 is 4.90 Å². The van der Waals surface area contributed by atoms with Crippen molar-refractivity contribution in [3.05, 3.63) is 65.7 Å². The van der Waals surface area contributed by atoms with E-state index in [1.807, 2.05) is 52.3 Å². The fourth-order valence-electron chi connectivity index (χ4n) is 3.97. The van der Waals surface area contributed by atoms with Gasteiger partial charge in [0.2, 0.25) is 5.91 Å². The van der Waals surface area contributed by atoms with E-state index < -0.39 is 0 Å². The number of carbonyl (C=O) groups is 2. The van der Waals surface area contributed by atoms with Crippen LogP contribution in [0.2, 0.25) is 0 Å². The molecule has 5 heteroatoms. The molecule has 1 heterocycles. The Morgan fingerprint density at radius 1 is 0.871 bits per heavy atom. The van der Waals surface area contributed by atoms with Gasteiger partial charge in [0.05, 0.1) is 0 Å². The summed E-state index contributed by atoms with van der Waals surface area (Å²) in [6.07, 6.45) is 4.68. The molecule has 0 unspecified atom stereocenters. The van der Waals surface area contributed by atoms with E-state index in [0.717, 1.165) is 37.1 Å². The Morgan fingerprint density at radius 2 is 1.52 bits per heavy atom. The lowest BCUT2D eigenvalue weighted by Crippen LogP contribution is -2.50. The number of nitrogens with zero attached hydrogens (tertiary/aromatic N) is 3. The monoisotopic (exact) mass is 421 g/mol. The first-order valence-electron chi connectivity index (χ1n) is 11.5. The molecule has 2 aromatic carbocycles. The summed E-state index contributed by atoms with van der Waals surface area (Å²) in [5.41, 5.74) is 3.12. The van der Waals surface area contributed by atoms with Gasteiger partial charge in [-0.15, -0.1) is 0 Å². The number of amides is 2. The van der Waals surface area contributed by atoms with Crippen LogP contribution >= 0.6 is 0 Å². The summed E-state index contributed by atoms with van der Waals surface area (Å²) < 4.78 is 0. The predicted molar refractivity (Wildman–Crippen MR) is 126 cm³/mol. The van der Waals surface area contributed by atoms with Gasteiger partial charge in [0.15, 0.2) is 0 Å². The van der Waals surface area contributed by atoms with Crippen molar-refractivity contribution in [2.75, 3.05) is 44.7 Å². The molecule has 1 aliphatic rings. The van der Waals surface area contributed by atoms with Crippen LogP contribution in [0.25, 0.3) is 0 Å². The number of rotatable bonds is 9. The van der Waals surface area contributed by atoms with Gasteiger partial charge in [0, 0.05) is 57.4 Å². The average Bonchev–Trinajstić information content (AvgIpc) is 2.83. The standard InChI is InChI=1S/C26H35N3O2/c1-3-4-17-27(2)24-15-13-23(14-16-24)26(31)29-20-18-28(19-21-29)25(30)12-8-11-22-9-6-5-7-10-22/h5-7,9-10,13-16H,3-4,8,11-12,17-21H2,1-2H3. The predicted octanol–water partition coefficient (Wildman–Crippen LogP) is 4.23. The quantitative estimate of drug-likeness (QED) is 0.609. The molecule has 0 spiro atoms. The summed E-state index contributed by atoms with van der Waals surface area (Å²) in [6.45, 7) is 5.64. The lowest BCUT2D eigenvalue weighted by Gasteiger charge is -2.35. The van der Waals surface area contributed by atoms with E-state index in [1.54, 1.807) is 0 Å². The maximum atomic E-state index is 12.9. The second kappa shape index (κ2) is 11.5. The molecule has 0 radical (unpaired) electrons. The second-order valence-electron chi connectivity index (χ2n) is 8.33. The Hall–Kier alpha value is -2.82. The number of hydrogen-bond acceptors (Lipinski definition) is 3. The minimum Gasteiger partial charge on any atom is -0.375 e. The van der Waals surface area contributed by atoms with Gasteiger partial charge in [-0.2, -0.15) is 0 Å². The van der Waals surface area contributed by atoms with Crippen LogP contribution in [0.5, 0.6) is 0 Å². The first-order chi connectivity index (χ1) is 15.1. The Morgan fingerprint density at radius 3 is 2.16 bits per heavy atom. The first kappa shape index (κ1) is 22.9. The summed E-state index contributed by atoms with van der Waals surface area (Å²) in [6, 6.07) is 18.2. The normalized spacial score (nSPS) is 13.9. The molecule has 5 nitrogen and oxygen atoms in total. The molecule has 2 amide bonds. The number of piperazine rings is 1. The van der Waals surface area contributed by atoms with E-state index in [-0.39, 0.29) is 11.8 Å². The molecule has 3 rings (SSSR count). The zero-order valence-corrected chi connectivity index (χ0v) is 18.9. The van der Waals surface area contributed by atoms with Gasteiger partial charge >= 0.3 is 0 Å². The molecule has 0 saturated carbocycles. The zero-order valence-electron chi connectivity index (χ0n) is 18.9. The zero-order chi connectivity index (χ0) is 22.1. The van der Waals surface area contributed by atoms with E-state index in [9.17, 15) is 9.59 Å². The molecule has 1 saturated heterocycles. The van der Waals surface area contributed by atoms with Gasteiger partial charge in [0.25, 0.3) is 5.91 Å². The molecule has 31 heavy (non-hydrogen) atoms. The molecule has 1 fully saturated rings. The molecule has 0 atom stereocenters. The Labute approximate surface area is 186 Å². The average molecular weight is 422 g/mol. The van der Waals surface area contributed by atoms with Gasteiger partial charge in [-0.1, -0.05) is 43.7 Å². The van der Waals surface area contributed by atoms with Crippen LogP contribution in [-0.2, 0) is 11.2 Å². The molecule has 0 bridgehead atoms. The number of hydrogen-bond donors (Lipinski definition) is 0. The van der Waals surface area contributed by atoms with Crippen LogP contribution in [0, 0.1) is 0 Å². The van der Waals surface area contributed by atoms with Gasteiger partial charge < -0.3 is 14.7 Å². The van der Waals surface area contributed by atoms with Gasteiger partial charge in [-0.25, -0.2) is 0 Å². The van der Waals surface area contributed by atoms with E-state index in [4.69, 9.17) is 0 Å². The summed E-state index contributed by atoms with van der Waals surface area (Å²) >= 11 is 0. The third kappa shape index (κ3) is 6.58. The highest BCUT2D eigenvalue weighted by atomic mass is 16.2. The highest BCUT2D eigenvalue weighted by molar-refractivity contribution is 5.94. The maximum absolute atomic E-state index is 12.9. The number of anilines is 1. The number of carbonyl (C=O) groups excluding carboxylic acids is 2. The summed E-state index contributed by atoms with van der Waals surface area (Å²) in [7, 11) is 2.09. The fourth-order valence-corrected chi connectivity index (χ4v) is 3.97. The third-order valence-corrected chi connectivity index (χ3v) is 6.02. The minimum atomic E-state index is 0.0546. The Kier molecular flexibility index (Phi) is 8.51. The van der Waals surface area contributed by atoms with Crippen molar-refractivity contribution in [1.29, 1.82) is 0 Å². The van der Waals surface area contributed by atoms with E-state index >= 15 is 0 Å². The van der Waals surface area contributed by atoms with Crippen molar-refractivity contribution >= 4 is 17.5 Å². The fraction of sp³-hybridized carbons (Fsp3) is 0.462. The van der Waals surface area contributed by atoms with Gasteiger partial charge in [-0.3, -0.25) is 9.59 Å². The highest BCUT2D eigenvalue weighted by Crippen LogP contribution is 2.17. The van der Waals surface area contributed by atoms with Crippen molar-refractivity contribution < 1.29 is 9.59 Å². The molecular formula is C26H35N3O2. The van der Waals surface area contributed by atoms with E-state index in [1.165, 1.54) is 12.0 Å². The van der Waals surface area contributed by atoms with E-state index in [0.29, 0.717) is 32.6 Å². The first-order valence-corrected chi connectivity index (χ1v) is 11.5. The highest BCUT2D eigenvalue weighted by Gasteiger charge is 2.24. The molecule has 0 aliphatic carbocycles. The minimum absolute atomic E-state index is 0.0546. The number of benzene rings is 2. The van der Waals surface area contributed by atoms with Crippen LogP contribution in [0.1, 0.15) is 48.5 Å². The van der Waals surface area contributed by atoms with Crippen LogP contribution in [-0.4, -0.2) is 61.4 Å². The van der Waals surface area contributed by atoms with Crippen molar-refractivity contribution in [1.82, 2.24) is 9.80 Å². The smallest absolute Gasteiger partial charge is 0.253 e. The largest absolute Gasteiger partial charge is 0.375 e. The van der Waals surface area contributed by atoms with Crippen molar-refractivity contribution in [3.63, 3.8) is 0 Å². The molecule has 0 N–H and O–H groups in total. The summed E-state index contributed by atoms with van der Waals surface area (Å²) in [5, 5.41) is 0. The SMILES string of the molecule is CCCCN(C)c1ccc(C(=O)N2CCN(C(=O)CCCc3ccccc3)CC2)cc1. The van der Waals surface area contributed by atoms with E-state index in [2.05, 4.69) is 31.0 Å². The molecule has 1 aliphatic heterocycles. The second-order valence-corrected chi connectivity index (χ2v) is 8.33. The van der Waals surface area contributed by atoms with Crippen LogP contribution in [0.4, 0.5) is 5.69 Å². The number of unbranched alkanes of at least 4 members (excludes halogenated alkanes) is 1. The Bertz CT molecular complexity index is 827. The molecule has 0 aromatic heterocycles. The Balaban J connectivity index is 1.43. The topological polar surface area (TPSA) is 43.9 Å². The molecule has 166 valence electrons. The number of aryl methyl sites for hydroxylation is 1. The lowest BCUT2D eigenvalue weighted by molar-refractivity contribution is -0.132. The van der Waals surface area contributed by atoms with Crippen molar-refractivity contribution in [3.8, 4) is 0 Å². The third-order valence-electron chi connectivity index (χ3n) is 6.02. The molecule has 2 aromatic rings. The van der Waals surface area contributed by atoms with Crippen molar-refractivity contribution in [2.24, 2.45) is 0 Å². The maximum Gasteiger partial charge on any atom is 0.253 e. The van der Waals surface area contributed by atoms with Gasteiger partial charge in [-0.05, 0) is 49.1 Å². The lowest BCUT2D eigenvalue weighted by atomic mass is 10.1. The van der Waals surface area contributed by atoms with Crippen LogP contribution in [0.15, 0.2) is 54.6 Å². The van der Waals surface area contributed by atoms with Crippen molar-refractivity contribution in [2.45, 2.75) is 39.0 Å². The molecular weight excluding hydrogens is 386 g/mol. The summed E-state index contributed by atoms with van der Waals surface area (Å²) in [4.78, 5) is 31.4. The van der Waals surface area contributed by atoms with Crippen LogP contribution in [0.3, 0.4) is 0 Å². The van der Waals surface area contributed by atoms with Gasteiger partial charge in [0.1, 0.15) is 0 Å². The summed E-state index contributed by atoms with van der Waals surface area (Å²) in [5.74, 6) is 0.251.